The zero-order chi connectivity index (χ0) is 12.3. The highest BCUT2D eigenvalue weighted by atomic mass is 16.3. The first-order chi connectivity index (χ1) is 7.41. The second kappa shape index (κ2) is 4.54. The molecule has 0 saturated carbocycles. The van der Waals surface area contributed by atoms with Crippen LogP contribution in [-0.4, -0.2) is 17.3 Å². The van der Waals surface area contributed by atoms with Crippen molar-refractivity contribution in [2.24, 2.45) is 0 Å². The van der Waals surface area contributed by atoms with Crippen molar-refractivity contribution in [3.63, 3.8) is 0 Å². The quantitative estimate of drug-likeness (QED) is 0.818. The molecule has 0 heterocycles. The van der Waals surface area contributed by atoms with E-state index in [2.05, 4.69) is 11.4 Å². The topological polar surface area (TPSA) is 56.0 Å². The van der Waals surface area contributed by atoms with E-state index in [0.717, 1.165) is 16.8 Å². The molecule has 86 valence electrons. The highest BCUT2D eigenvalue weighted by Gasteiger charge is 2.18. The summed E-state index contributed by atoms with van der Waals surface area (Å²) in [5.41, 5.74) is 3.10. The number of nitrogens with zero attached hydrogens (tertiary/aromatic N) is 1. The van der Waals surface area contributed by atoms with Crippen LogP contribution in [0.2, 0.25) is 0 Å². The molecule has 0 aliphatic carbocycles. The highest BCUT2D eigenvalue weighted by molar-refractivity contribution is 5.63. The lowest BCUT2D eigenvalue weighted by Crippen LogP contribution is -2.35. The fourth-order valence-corrected chi connectivity index (χ4v) is 1.47. The van der Waals surface area contributed by atoms with Crippen LogP contribution in [0.5, 0.6) is 0 Å². The van der Waals surface area contributed by atoms with Gasteiger partial charge in [-0.25, -0.2) is 0 Å². The second-order valence-electron chi connectivity index (χ2n) is 4.71. The average Bonchev–Trinajstić information content (AvgIpc) is 2.24. The van der Waals surface area contributed by atoms with Crippen molar-refractivity contribution in [2.75, 3.05) is 11.9 Å². The predicted octanol–water partition coefficient (Wildman–Crippen LogP) is 2.36. The number of hydrogen-bond donors (Lipinski definition) is 2. The summed E-state index contributed by atoms with van der Waals surface area (Å²) in [5.74, 6) is 0. The molecule has 3 nitrogen and oxygen atoms in total. The Labute approximate surface area is 96.7 Å². The molecule has 0 unspecified atom stereocenters. The van der Waals surface area contributed by atoms with Gasteiger partial charge in [0.15, 0.2) is 0 Å². The lowest BCUT2D eigenvalue weighted by Gasteiger charge is -2.26. The minimum absolute atomic E-state index is 0.0186. The maximum atomic E-state index is 9.20. The predicted molar refractivity (Wildman–Crippen MR) is 65.4 cm³/mol. The number of anilines is 1. The Kier molecular flexibility index (Phi) is 3.56. The van der Waals surface area contributed by atoms with E-state index in [1.54, 1.807) is 0 Å². The SMILES string of the molecule is Cc1ccc(NC(C)(C)CO)c(C#N)c1C. The zero-order valence-corrected chi connectivity index (χ0v) is 10.3. The molecular formula is C13H18N2O. The normalized spacial score (nSPS) is 11.0. The monoisotopic (exact) mass is 218 g/mol. The van der Waals surface area contributed by atoms with Crippen LogP contribution < -0.4 is 5.32 Å². The van der Waals surface area contributed by atoms with Gasteiger partial charge in [-0.15, -0.1) is 0 Å². The molecule has 0 aliphatic rings. The molecule has 16 heavy (non-hydrogen) atoms. The van der Waals surface area contributed by atoms with Crippen molar-refractivity contribution in [1.29, 1.82) is 5.26 Å². The van der Waals surface area contributed by atoms with Crippen LogP contribution in [-0.2, 0) is 0 Å². The van der Waals surface area contributed by atoms with E-state index >= 15 is 0 Å². The van der Waals surface area contributed by atoms with Gasteiger partial charge in [-0.2, -0.15) is 5.26 Å². The summed E-state index contributed by atoms with van der Waals surface area (Å²) in [6, 6.07) is 6.07. The summed E-state index contributed by atoms with van der Waals surface area (Å²) in [6.07, 6.45) is 0. The van der Waals surface area contributed by atoms with Gasteiger partial charge in [0.1, 0.15) is 6.07 Å². The number of aliphatic hydroxyl groups excluding tert-OH is 1. The van der Waals surface area contributed by atoms with E-state index in [-0.39, 0.29) is 6.61 Å². The van der Waals surface area contributed by atoms with Gasteiger partial charge in [0, 0.05) is 0 Å². The van der Waals surface area contributed by atoms with Crippen molar-refractivity contribution in [1.82, 2.24) is 0 Å². The van der Waals surface area contributed by atoms with Gasteiger partial charge in [-0.1, -0.05) is 6.07 Å². The fraction of sp³-hybridized carbons (Fsp3) is 0.462. The van der Waals surface area contributed by atoms with Gasteiger partial charge in [-0.05, 0) is 44.9 Å². The van der Waals surface area contributed by atoms with Gasteiger partial charge in [0.2, 0.25) is 0 Å². The smallest absolute Gasteiger partial charge is 0.102 e. The molecule has 2 N–H and O–H groups in total. The lowest BCUT2D eigenvalue weighted by atomic mass is 9.99. The molecule has 0 atom stereocenters. The molecule has 1 aromatic carbocycles. The van der Waals surface area contributed by atoms with E-state index in [9.17, 15) is 5.11 Å². The summed E-state index contributed by atoms with van der Waals surface area (Å²) >= 11 is 0. The first kappa shape index (κ1) is 12.5. The highest BCUT2D eigenvalue weighted by Crippen LogP contribution is 2.24. The number of aliphatic hydroxyl groups is 1. The van der Waals surface area contributed by atoms with E-state index in [0.29, 0.717) is 5.56 Å². The third-order valence-corrected chi connectivity index (χ3v) is 2.72. The van der Waals surface area contributed by atoms with Crippen LogP contribution >= 0.6 is 0 Å². The summed E-state index contributed by atoms with van der Waals surface area (Å²) in [7, 11) is 0. The number of nitriles is 1. The summed E-state index contributed by atoms with van der Waals surface area (Å²) in [5, 5.41) is 21.5. The standard InChI is InChI=1S/C13H18N2O/c1-9-5-6-12(11(7-14)10(9)2)15-13(3,4)8-16/h5-6,15-16H,8H2,1-4H3. The van der Waals surface area contributed by atoms with Gasteiger partial charge >= 0.3 is 0 Å². The van der Waals surface area contributed by atoms with Crippen molar-refractivity contribution < 1.29 is 5.11 Å². The molecule has 3 heteroatoms. The fourth-order valence-electron chi connectivity index (χ4n) is 1.47. The minimum Gasteiger partial charge on any atom is -0.394 e. The summed E-state index contributed by atoms with van der Waals surface area (Å²) in [6.45, 7) is 7.72. The average molecular weight is 218 g/mol. The third-order valence-electron chi connectivity index (χ3n) is 2.72. The number of rotatable bonds is 3. The number of aryl methyl sites for hydroxylation is 1. The molecule has 0 aromatic heterocycles. The first-order valence-electron chi connectivity index (χ1n) is 5.30. The molecular weight excluding hydrogens is 200 g/mol. The largest absolute Gasteiger partial charge is 0.394 e. The second-order valence-corrected chi connectivity index (χ2v) is 4.71. The maximum absolute atomic E-state index is 9.20. The Bertz CT molecular complexity index is 430. The van der Waals surface area contributed by atoms with Crippen molar-refractivity contribution in [2.45, 2.75) is 33.2 Å². The van der Waals surface area contributed by atoms with Crippen molar-refractivity contribution in [3.8, 4) is 6.07 Å². The lowest BCUT2D eigenvalue weighted by molar-refractivity contribution is 0.234. The van der Waals surface area contributed by atoms with Crippen LogP contribution in [0.3, 0.4) is 0 Å². The molecule has 0 saturated heterocycles. The molecule has 1 aromatic rings. The number of nitrogens with one attached hydrogen (secondary N) is 1. The van der Waals surface area contributed by atoms with Crippen LogP contribution in [0.15, 0.2) is 12.1 Å². The molecule has 0 fully saturated rings. The Hall–Kier alpha value is -1.53. The molecule has 0 amide bonds. The van der Waals surface area contributed by atoms with Crippen molar-refractivity contribution >= 4 is 5.69 Å². The van der Waals surface area contributed by atoms with Gasteiger partial charge in [0.05, 0.1) is 23.4 Å². The van der Waals surface area contributed by atoms with Gasteiger partial charge in [-0.3, -0.25) is 0 Å². The van der Waals surface area contributed by atoms with E-state index < -0.39 is 5.54 Å². The molecule has 0 aliphatic heterocycles. The van der Waals surface area contributed by atoms with E-state index in [1.165, 1.54) is 0 Å². The van der Waals surface area contributed by atoms with Crippen LogP contribution in [0.4, 0.5) is 5.69 Å². The van der Waals surface area contributed by atoms with Crippen LogP contribution in [0.25, 0.3) is 0 Å². The molecule has 0 spiro atoms. The van der Waals surface area contributed by atoms with Gasteiger partial charge in [0.25, 0.3) is 0 Å². The van der Waals surface area contributed by atoms with E-state index in [4.69, 9.17) is 5.26 Å². The van der Waals surface area contributed by atoms with Crippen LogP contribution in [0, 0.1) is 25.2 Å². The first-order valence-corrected chi connectivity index (χ1v) is 5.30. The number of hydrogen-bond acceptors (Lipinski definition) is 3. The Morgan fingerprint density at radius 2 is 2.00 bits per heavy atom. The summed E-state index contributed by atoms with van der Waals surface area (Å²) < 4.78 is 0. The molecule has 0 radical (unpaired) electrons. The van der Waals surface area contributed by atoms with Crippen LogP contribution in [0.1, 0.15) is 30.5 Å². The third kappa shape index (κ3) is 2.53. The summed E-state index contributed by atoms with van der Waals surface area (Å²) in [4.78, 5) is 0. The Morgan fingerprint density at radius 1 is 1.38 bits per heavy atom. The van der Waals surface area contributed by atoms with Crippen molar-refractivity contribution in [3.05, 3.63) is 28.8 Å². The van der Waals surface area contributed by atoms with E-state index in [1.807, 2.05) is 39.8 Å². The number of benzene rings is 1. The molecule has 1 rings (SSSR count). The zero-order valence-electron chi connectivity index (χ0n) is 10.3. The Balaban J connectivity index is 3.17. The molecule has 0 bridgehead atoms. The van der Waals surface area contributed by atoms with Gasteiger partial charge < -0.3 is 10.4 Å². The maximum Gasteiger partial charge on any atom is 0.102 e. The Morgan fingerprint density at radius 3 is 2.50 bits per heavy atom. The minimum atomic E-state index is -0.423.